The van der Waals surface area contributed by atoms with Crippen molar-refractivity contribution in [1.82, 2.24) is 24.3 Å². The first-order valence-electron chi connectivity index (χ1n) is 8.37. The van der Waals surface area contributed by atoms with E-state index in [1.54, 1.807) is 11.1 Å². The third-order valence-electron chi connectivity index (χ3n) is 4.90. The van der Waals surface area contributed by atoms with Crippen LogP contribution in [-0.2, 0) is 16.6 Å². The van der Waals surface area contributed by atoms with Gasteiger partial charge in [-0.25, -0.2) is 4.98 Å². The molecule has 0 aliphatic carbocycles. The molecule has 2 amide bonds. The Morgan fingerprint density at radius 3 is 2.78 bits per heavy atom. The van der Waals surface area contributed by atoms with Crippen LogP contribution in [0, 0.1) is 0 Å². The molecule has 2 aliphatic rings. The Bertz CT molecular complexity index is 585. The summed E-state index contributed by atoms with van der Waals surface area (Å²) in [4.78, 5) is 34.7. The average molecular weight is 319 g/mol. The van der Waals surface area contributed by atoms with E-state index < -0.39 is 0 Å². The monoisotopic (exact) mass is 319 g/mol. The number of carbonyl (C=O) groups is 2. The molecule has 0 aromatic carbocycles. The highest BCUT2D eigenvalue weighted by Crippen LogP contribution is 2.24. The Morgan fingerprint density at radius 1 is 1.35 bits per heavy atom. The first kappa shape index (κ1) is 16.0. The van der Waals surface area contributed by atoms with E-state index in [9.17, 15) is 9.59 Å². The average Bonchev–Trinajstić information content (AvgIpc) is 3.15. The maximum absolute atomic E-state index is 12.6. The van der Waals surface area contributed by atoms with E-state index >= 15 is 0 Å². The van der Waals surface area contributed by atoms with Gasteiger partial charge in [0.2, 0.25) is 11.8 Å². The number of carbonyl (C=O) groups excluding carboxylic acids is 2. The van der Waals surface area contributed by atoms with Gasteiger partial charge in [-0.15, -0.1) is 0 Å². The fraction of sp³-hybridized carbons (Fsp3) is 0.688. The highest BCUT2D eigenvalue weighted by Gasteiger charge is 2.33. The summed E-state index contributed by atoms with van der Waals surface area (Å²) in [7, 11) is 1.99. The number of nitrogens with zero attached hydrogens (tertiary/aromatic N) is 5. The Morgan fingerprint density at radius 2 is 2.17 bits per heavy atom. The number of rotatable bonds is 4. The third-order valence-corrected chi connectivity index (χ3v) is 4.90. The molecule has 0 bridgehead atoms. The van der Waals surface area contributed by atoms with Gasteiger partial charge in [0.1, 0.15) is 5.82 Å². The van der Waals surface area contributed by atoms with Gasteiger partial charge in [-0.1, -0.05) is 6.92 Å². The first-order valence-corrected chi connectivity index (χ1v) is 8.37. The van der Waals surface area contributed by atoms with Crippen molar-refractivity contribution in [3.8, 4) is 0 Å². The second-order valence-electron chi connectivity index (χ2n) is 6.30. The predicted octanol–water partition coefficient (Wildman–Crippen LogP) is 0.248. The number of likely N-dealkylation sites (N-methyl/N-ethyl adjacent to an activating group) is 1. The fourth-order valence-corrected chi connectivity index (χ4v) is 3.50. The molecule has 23 heavy (non-hydrogen) atoms. The molecule has 2 fully saturated rings. The largest absolute Gasteiger partial charge is 0.338 e. The lowest BCUT2D eigenvalue weighted by molar-refractivity contribution is -0.140. The molecule has 3 heterocycles. The number of hydrogen-bond acceptors (Lipinski definition) is 4. The van der Waals surface area contributed by atoms with Crippen molar-refractivity contribution in [2.75, 3.05) is 39.3 Å². The number of amides is 2. The van der Waals surface area contributed by atoms with Crippen molar-refractivity contribution in [3.05, 3.63) is 18.2 Å². The Hall–Kier alpha value is -1.89. The normalized spacial score (nSPS) is 22.9. The van der Waals surface area contributed by atoms with E-state index in [0.717, 1.165) is 31.9 Å². The van der Waals surface area contributed by atoms with Crippen LogP contribution in [0.5, 0.6) is 0 Å². The standard InChI is InChI=1S/C16H25N5O2/c1-3-19-9-10-21(11-13(19)16-17-6-8-18(16)2)15(23)12-20-7-4-5-14(20)22/h6,8,13H,3-5,7,9-12H2,1-2H3/t13-/m1/s1. The van der Waals surface area contributed by atoms with Gasteiger partial charge in [-0.05, 0) is 13.0 Å². The number of aromatic nitrogens is 2. The molecule has 0 saturated carbocycles. The Labute approximate surface area is 136 Å². The summed E-state index contributed by atoms with van der Waals surface area (Å²) >= 11 is 0. The van der Waals surface area contributed by atoms with E-state index in [4.69, 9.17) is 0 Å². The molecular weight excluding hydrogens is 294 g/mol. The summed E-state index contributed by atoms with van der Waals surface area (Å²) in [5, 5.41) is 0. The van der Waals surface area contributed by atoms with Gasteiger partial charge in [0, 0.05) is 52.0 Å². The Kier molecular flexibility index (Phi) is 4.66. The van der Waals surface area contributed by atoms with Crippen LogP contribution in [0.25, 0.3) is 0 Å². The summed E-state index contributed by atoms with van der Waals surface area (Å²) in [5.41, 5.74) is 0. The van der Waals surface area contributed by atoms with E-state index in [2.05, 4.69) is 16.8 Å². The lowest BCUT2D eigenvalue weighted by Crippen LogP contribution is -2.53. The minimum atomic E-state index is 0.0511. The van der Waals surface area contributed by atoms with Crippen LogP contribution in [0.4, 0.5) is 0 Å². The topological polar surface area (TPSA) is 61.7 Å². The summed E-state index contributed by atoms with van der Waals surface area (Å²) in [6, 6.07) is 0.118. The molecule has 0 unspecified atom stereocenters. The van der Waals surface area contributed by atoms with Gasteiger partial charge in [0.05, 0.1) is 12.6 Å². The van der Waals surface area contributed by atoms with Crippen molar-refractivity contribution in [1.29, 1.82) is 0 Å². The summed E-state index contributed by atoms with van der Waals surface area (Å²) < 4.78 is 2.02. The fourth-order valence-electron chi connectivity index (χ4n) is 3.50. The van der Waals surface area contributed by atoms with Gasteiger partial charge in [0.25, 0.3) is 0 Å². The zero-order chi connectivity index (χ0) is 16.4. The number of hydrogen-bond donors (Lipinski definition) is 0. The van der Waals surface area contributed by atoms with Gasteiger partial charge in [-0.2, -0.15) is 0 Å². The van der Waals surface area contributed by atoms with Crippen LogP contribution >= 0.6 is 0 Å². The minimum absolute atomic E-state index is 0.0511. The van der Waals surface area contributed by atoms with Crippen molar-refractivity contribution in [2.24, 2.45) is 7.05 Å². The van der Waals surface area contributed by atoms with Crippen molar-refractivity contribution in [2.45, 2.75) is 25.8 Å². The summed E-state index contributed by atoms with van der Waals surface area (Å²) in [5.74, 6) is 1.14. The van der Waals surface area contributed by atoms with Gasteiger partial charge in [-0.3, -0.25) is 14.5 Å². The molecule has 2 aliphatic heterocycles. The summed E-state index contributed by atoms with van der Waals surface area (Å²) in [6.07, 6.45) is 5.18. The van der Waals surface area contributed by atoms with Crippen LogP contribution in [0.3, 0.4) is 0 Å². The molecule has 1 aromatic heterocycles. The highest BCUT2D eigenvalue weighted by molar-refractivity contribution is 5.86. The second-order valence-corrected chi connectivity index (χ2v) is 6.30. The maximum atomic E-state index is 12.6. The van der Waals surface area contributed by atoms with E-state index in [0.29, 0.717) is 19.5 Å². The second kappa shape index (κ2) is 6.70. The zero-order valence-corrected chi connectivity index (χ0v) is 13.9. The van der Waals surface area contributed by atoms with Gasteiger partial charge < -0.3 is 14.4 Å². The molecule has 0 N–H and O–H groups in total. The summed E-state index contributed by atoms with van der Waals surface area (Å²) in [6.45, 7) is 6.20. The van der Waals surface area contributed by atoms with Crippen LogP contribution in [0.1, 0.15) is 31.6 Å². The van der Waals surface area contributed by atoms with E-state index in [-0.39, 0.29) is 24.4 Å². The number of likely N-dealkylation sites (tertiary alicyclic amines) is 1. The molecule has 1 atom stereocenters. The van der Waals surface area contributed by atoms with Crippen molar-refractivity contribution in [3.63, 3.8) is 0 Å². The van der Waals surface area contributed by atoms with Crippen LogP contribution in [0.2, 0.25) is 0 Å². The highest BCUT2D eigenvalue weighted by atomic mass is 16.2. The molecule has 2 saturated heterocycles. The molecule has 126 valence electrons. The number of piperazine rings is 1. The lowest BCUT2D eigenvalue weighted by Gasteiger charge is -2.41. The first-order chi connectivity index (χ1) is 11.1. The smallest absolute Gasteiger partial charge is 0.242 e. The SMILES string of the molecule is CCN1CCN(C(=O)CN2CCCC2=O)C[C@@H]1c1nccn1C. The van der Waals surface area contributed by atoms with Crippen LogP contribution in [-0.4, -0.2) is 75.3 Å². The molecule has 0 spiro atoms. The van der Waals surface area contributed by atoms with Crippen molar-refractivity contribution < 1.29 is 9.59 Å². The molecular formula is C16H25N5O2. The Balaban J connectivity index is 1.68. The molecule has 7 nitrogen and oxygen atoms in total. The maximum Gasteiger partial charge on any atom is 0.242 e. The van der Waals surface area contributed by atoms with Gasteiger partial charge in [0.15, 0.2) is 0 Å². The number of imidazole rings is 1. The minimum Gasteiger partial charge on any atom is -0.338 e. The molecule has 0 radical (unpaired) electrons. The zero-order valence-electron chi connectivity index (χ0n) is 13.9. The lowest BCUT2D eigenvalue weighted by atomic mass is 10.1. The van der Waals surface area contributed by atoms with E-state index in [1.165, 1.54) is 0 Å². The van der Waals surface area contributed by atoms with Crippen LogP contribution < -0.4 is 0 Å². The predicted molar refractivity (Wildman–Crippen MR) is 85.6 cm³/mol. The quantitative estimate of drug-likeness (QED) is 0.798. The van der Waals surface area contributed by atoms with E-state index in [1.807, 2.05) is 22.7 Å². The third kappa shape index (κ3) is 3.24. The number of aryl methyl sites for hydroxylation is 1. The molecule has 7 heteroatoms. The van der Waals surface area contributed by atoms with Gasteiger partial charge >= 0.3 is 0 Å². The molecule has 3 rings (SSSR count). The van der Waals surface area contributed by atoms with Crippen molar-refractivity contribution >= 4 is 11.8 Å². The van der Waals surface area contributed by atoms with Crippen LogP contribution in [0.15, 0.2) is 12.4 Å². The molecule has 1 aromatic rings.